The van der Waals surface area contributed by atoms with Crippen LogP contribution in [0.15, 0.2) is 54.4 Å². The first-order valence-electron chi connectivity index (χ1n) is 10.4. The molecule has 0 radical (unpaired) electrons. The fraction of sp³-hybridized carbons (Fsp3) is 0.292. The monoisotopic (exact) mass is 421 g/mol. The van der Waals surface area contributed by atoms with Crippen LogP contribution in [0.2, 0.25) is 5.02 Å². The maximum absolute atomic E-state index is 7.80. The second-order valence-corrected chi connectivity index (χ2v) is 8.30. The van der Waals surface area contributed by atoms with Crippen LogP contribution >= 0.6 is 11.6 Å². The van der Waals surface area contributed by atoms with E-state index in [0.29, 0.717) is 5.92 Å². The molecule has 2 aromatic carbocycles. The molecule has 1 saturated carbocycles. The summed E-state index contributed by atoms with van der Waals surface area (Å²) in [7, 11) is 1.85. The molecule has 0 bridgehead atoms. The van der Waals surface area contributed by atoms with Crippen LogP contribution in [0.1, 0.15) is 42.0 Å². The summed E-state index contributed by atoms with van der Waals surface area (Å²) in [5.74, 6) is 0.488. The molecule has 0 amide bonds. The van der Waals surface area contributed by atoms with Crippen LogP contribution < -0.4 is 21.7 Å². The molecule has 1 fully saturated rings. The van der Waals surface area contributed by atoms with E-state index in [1.807, 2.05) is 37.5 Å². The molecule has 1 aliphatic heterocycles. The van der Waals surface area contributed by atoms with E-state index in [1.165, 1.54) is 24.6 Å². The van der Waals surface area contributed by atoms with E-state index in [1.54, 1.807) is 0 Å². The predicted molar refractivity (Wildman–Crippen MR) is 127 cm³/mol. The maximum atomic E-state index is 7.80. The number of halogens is 1. The molecule has 0 spiro atoms. The van der Waals surface area contributed by atoms with Crippen molar-refractivity contribution in [3.8, 4) is 0 Å². The summed E-state index contributed by atoms with van der Waals surface area (Å²) in [6.07, 6.45) is 6.47. The highest BCUT2D eigenvalue weighted by atomic mass is 35.5. The minimum absolute atomic E-state index is 0.111. The Kier molecular flexibility index (Phi) is 6.00. The van der Waals surface area contributed by atoms with Crippen molar-refractivity contribution in [1.82, 2.24) is 10.6 Å². The van der Waals surface area contributed by atoms with E-state index in [-0.39, 0.29) is 6.04 Å². The van der Waals surface area contributed by atoms with Gasteiger partial charge in [-0.15, -0.1) is 0 Å². The third kappa shape index (κ3) is 4.31. The van der Waals surface area contributed by atoms with Crippen LogP contribution in [0.4, 0.5) is 5.69 Å². The van der Waals surface area contributed by atoms with E-state index in [9.17, 15) is 0 Å². The SMILES string of the molecule is CN/C=C(\C=N)c1ccc2c(c1)C(Nc1ccc(Cl)cc1)CCN/C2=C(\N)C1CC1. The summed E-state index contributed by atoms with van der Waals surface area (Å²) >= 11 is 6.06. The molecule has 2 aromatic rings. The lowest BCUT2D eigenvalue weighted by Crippen LogP contribution is -2.18. The molecule has 6 heteroatoms. The number of allylic oxidation sites excluding steroid dienone is 2. The Bertz CT molecular complexity index is 989. The molecule has 30 heavy (non-hydrogen) atoms. The van der Waals surface area contributed by atoms with Gasteiger partial charge in [-0.25, -0.2) is 0 Å². The molecule has 1 heterocycles. The van der Waals surface area contributed by atoms with Crippen LogP contribution in [0.25, 0.3) is 11.3 Å². The zero-order chi connectivity index (χ0) is 21.1. The van der Waals surface area contributed by atoms with Gasteiger partial charge in [-0.3, -0.25) is 0 Å². The summed E-state index contributed by atoms with van der Waals surface area (Å²) in [6.45, 7) is 0.835. The fourth-order valence-electron chi connectivity index (χ4n) is 3.97. The molecule has 0 saturated heterocycles. The Balaban J connectivity index is 1.79. The number of hydrogen-bond donors (Lipinski definition) is 5. The Morgan fingerprint density at radius 3 is 2.60 bits per heavy atom. The van der Waals surface area contributed by atoms with Gasteiger partial charge in [0.25, 0.3) is 0 Å². The van der Waals surface area contributed by atoms with Crippen LogP contribution in [0.3, 0.4) is 0 Å². The van der Waals surface area contributed by atoms with Gasteiger partial charge in [-0.2, -0.15) is 0 Å². The normalized spacial score (nSPS) is 20.5. The Labute approximate surface area is 182 Å². The number of rotatable bonds is 6. The standard InChI is InChI=1S/C24H28ClN5/c1-28-14-17(13-26)16-4-9-20-21(12-16)22(30-19-7-5-18(25)6-8-19)10-11-29-24(20)23(27)15-2-3-15/h4-9,12-15,22,26,28-30H,2-3,10-11,27H2,1H3/b17-14+,24-23-,26-13?. The molecule has 2 aliphatic rings. The lowest BCUT2D eigenvalue weighted by atomic mass is 9.92. The number of fused-ring (bicyclic) bond motifs is 1. The zero-order valence-electron chi connectivity index (χ0n) is 17.1. The molecular formula is C24H28ClN5. The second-order valence-electron chi connectivity index (χ2n) is 7.86. The number of nitrogens with one attached hydrogen (secondary N) is 4. The lowest BCUT2D eigenvalue weighted by molar-refractivity contribution is 0.682. The summed E-state index contributed by atoms with van der Waals surface area (Å²) in [6, 6.07) is 14.3. The molecule has 1 aliphatic carbocycles. The van der Waals surface area contributed by atoms with Crippen molar-refractivity contribution in [2.24, 2.45) is 11.7 Å². The van der Waals surface area contributed by atoms with Gasteiger partial charge in [0.05, 0.1) is 11.7 Å². The third-order valence-corrected chi connectivity index (χ3v) is 5.96. The molecule has 6 N–H and O–H groups in total. The number of benzene rings is 2. The van der Waals surface area contributed by atoms with Gasteiger partial charge in [0.15, 0.2) is 0 Å². The highest BCUT2D eigenvalue weighted by molar-refractivity contribution is 6.30. The minimum Gasteiger partial charge on any atom is -0.400 e. The summed E-state index contributed by atoms with van der Waals surface area (Å²) in [5, 5.41) is 18.8. The average Bonchev–Trinajstić information content (AvgIpc) is 3.61. The van der Waals surface area contributed by atoms with Crippen molar-refractivity contribution in [2.75, 3.05) is 18.9 Å². The van der Waals surface area contributed by atoms with Gasteiger partial charge in [0.2, 0.25) is 0 Å². The molecule has 1 unspecified atom stereocenters. The molecule has 4 rings (SSSR count). The van der Waals surface area contributed by atoms with E-state index >= 15 is 0 Å². The zero-order valence-corrected chi connectivity index (χ0v) is 17.9. The van der Waals surface area contributed by atoms with Gasteiger partial charge in [-0.05, 0) is 60.7 Å². The van der Waals surface area contributed by atoms with Crippen LogP contribution in [-0.2, 0) is 0 Å². The summed E-state index contributed by atoms with van der Waals surface area (Å²) < 4.78 is 0. The van der Waals surface area contributed by atoms with Crippen molar-refractivity contribution in [1.29, 1.82) is 5.41 Å². The van der Waals surface area contributed by atoms with Gasteiger partial charge < -0.3 is 27.1 Å². The van der Waals surface area contributed by atoms with Crippen molar-refractivity contribution in [3.05, 3.63) is 76.1 Å². The average molecular weight is 422 g/mol. The number of anilines is 1. The van der Waals surface area contributed by atoms with E-state index in [2.05, 4.69) is 34.1 Å². The van der Waals surface area contributed by atoms with Gasteiger partial charge in [-0.1, -0.05) is 23.7 Å². The first kappa shape index (κ1) is 20.4. The first-order valence-corrected chi connectivity index (χ1v) is 10.8. The molecule has 0 aromatic heterocycles. The van der Waals surface area contributed by atoms with Crippen molar-refractivity contribution in [2.45, 2.75) is 25.3 Å². The maximum Gasteiger partial charge on any atom is 0.0611 e. The quantitative estimate of drug-likeness (QED) is 0.436. The van der Waals surface area contributed by atoms with Crippen LogP contribution in [-0.4, -0.2) is 19.8 Å². The van der Waals surface area contributed by atoms with E-state index in [0.717, 1.165) is 51.8 Å². The third-order valence-electron chi connectivity index (χ3n) is 5.71. The molecular weight excluding hydrogens is 394 g/mol. The number of hydrogen-bond acceptors (Lipinski definition) is 5. The van der Waals surface area contributed by atoms with Crippen molar-refractivity contribution < 1.29 is 0 Å². The van der Waals surface area contributed by atoms with Gasteiger partial charge in [0, 0.05) is 59.5 Å². The summed E-state index contributed by atoms with van der Waals surface area (Å²) in [4.78, 5) is 0. The van der Waals surface area contributed by atoms with Crippen LogP contribution in [0.5, 0.6) is 0 Å². The highest BCUT2D eigenvalue weighted by Crippen LogP contribution is 2.40. The van der Waals surface area contributed by atoms with Crippen LogP contribution in [0, 0.1) is 11.3 Å². The lowest BCUT2D eigenvalue weighted by Gasteiger charge is -2.22. The smallest absolute Gasteiger partial charge is 0.0611 e. The summed E-state index contributed by atoms with van der Waals surface area (Å²) in [5.41, 5.74) is 13.8. The molecule has 156 valence electrons. The van der Waals surface area contributed by atoms with Crippen molar-refractivity contribution in [3.63, 3.8) is 0 Å². The predicted octanol–water partition coefficient (Wildman–Crippen LogP) is 4.73. The van der Waals surface area contributed by atoms with Crippen molar-refractivity contribution >= 4 is 34.8 Å². The molecule has 1 atom stereocenters. The van der Waals surface area contributed by atoms with E-state index in [4.69, 9.17) is 22.7 Å². The van der Waals surface area contributed by atoms with Gasteiger partial charge >= 0.3 is 0 Å². The highest BCUT2D eigenvalue weighted by Gasteiger charge is 2.30. The minimum atomic E-state index is 0.111. The van der Waals surface area contributed by atoms with Gasteiger partial charge in [0.1, 0.15) is 0 Å². The molecule has 5 nitrogen and oxygen atoms in total. The van der Waals surface area contributed by atoms with E-state index < -0.39 is 0 Å². The topological polar surface area (TPSA) is 86.0 Å². The Morgan fingerprint density at radius 2 is 1.93 bits per heavy atom. The Hall–Kier alpha value is -2.92. The first-order chi connectivity index (χ1) is 14.6. The Morgan fingerprint density at radius 1 is 1.17 bits per heavy atom. The number of nitrogens with two attached hydrogens (primary N) is 1. The largest absolute Gasteiger partial charge is 0.400 e. The fourth-order valence-corrected chi connectivity index (χ4v) is 4.09. The second kappa shape index (κ2) is 8.84.